The van der Waals surface area contributed by atoms with Gasteiger partial charge >= 0.3 is 0 Å². The molecule has 1 unspecified atom stereocenters. The lowest BCUT2D eigenvalue weighted by Gasteiger charge is -2.13. The van der Waals surface area contributed by atoms with Gasteiger partial charge in [0.1, 0.15) is 0 Å². The summed E-state index contributed by atoms with van der Waals surface area (Å²) in [5.41, 5.74) is 2.22. The molecule has 2 rings (SSSR count). The second-order valence-electron chi connectivity index (χ2n) is 4.93. The predicted molar refractivity (Wildman–Crippen MR) is 90.5 cm³/mol. The molecule has 0 saturated carbocycles. The first kappa shape index (κ1) is 16.7. The van der Waals surface area contributed by atoms with Crippen LogP contribution in [0.25, 0.3) is 0 Å². The van der Waals surface area contributed by atoms with Gasteiger partial charge < -0.3 is 10.1 Å². The standard InChI is InChI=1S/C14H19N3O3S2/c1-10-8-21-14(15-10)16-12-5-4-6-13(7-12)17-22(18,19)9-11(2)20-3/h4-8,11,17H,9H2,1-3H3,(H,15,16). The van der Waals surface area contributed by atoms with Crippen molar-refractivity contribution in [2.75, 3.05) is 22.9 Å². The van der Waals surface area contributed by atoms with Crippen LogP contribution in [0.5, 0.6) is 0 Å². The average Bonchev–Trinajstić information content (AvgIpc) is 2.83. The molecule has 0 aliphatic heterocycles. The third-order valence-electron chi connectivity index (χ3n) is 2.86. The summed E-state index contributed by atoms with van der Waals surface area (Å²) in [7, 11) is -1.96. The van der Waals surface area contributed by atoms with E-state index in [0.717, 1.165) is 16.5 Å². The van der Waals surface area contributed by atoms with Gasteiger partial charge in [-0.25, -0.2) is 13.4 Å². The highest BCUT2D eigenvalue weighted by Crippen LogP contribution is 2.23. The van der Waals surface area contributed by atoms with Crippen LogP contribution in [0.3, 0.4) is 0 Å². The SMILES string of the molecule is COC(C)CS(=O)(=O)Nc1cccc(Nc2nc(C)cs2)c1. The smallest absolute Gasteiger partial charge is 0.235 e. The Hall–Kier alpha value is -1.64. The highest BCUT2D eigenvalue weighted by atomic mass is 32.2. The van der Waals surface area contributed by atoms with Crippen LogP contribution in [-0.2, 0) is 14.8 Å². The van der Waals surface area contributed by atoms with Crippen LogP contribution in [0.4, 0.5) is 16.5 Å². The van der Waals surface area contributed by atoms with Crippen molar-refractivity contribution < 1.29 is 13.2 Å². The highest BCUT2D eigenvalue weighted by molar-refractivity contribution is 7.92. The van der Waals surface area contributed by atoms with Gasteiger partial charge in [0.2, 0.25) is 10.0 Å². The lowest BCUT2D eigenvalue weighted by molar-refractivity contribution is 0.136. The summed E-state index contributed by atoms with van der Waals surface area (Å²) >= 11 is 1.50. The van der Waals surface area contributed by atoms with E-state index in [2.05, 4.69) is 15.0 Å². The van der Waals surface area contributed by atoms with Gasteiger partial charge in [-0.15, -0.1) is 11.3 Å². The third kappa shape index (κ3) is 4.97. The van der Waals surface area contributed by atoms with E-state index in [1.54, 1.807) is 25.1 Å². The Bertz CT molecular complexity index is 728. The molecule has 1 heterocycles. The molecule has 0 spiro atoms. The van der Waals surface area contributed by atoms with Crippen molar-refractivity contribution >= 4 is 37.9 Å². The molecule has 0 bridgehead atoms. The average molecular weight is 341 g/mol. The van der Waals surface area contributed by atoms with Crippen LogP contribution in [0.1, 0.15) is 12.6 Å². The molecule has 1 aromatic heterocycles. The van der Waals surface area contributed by atoms with Crippen LogP contribution in [0.15, 0.2) is 29.6 Å². The largest absolute Gasteiger partial charge is 0.381 e. The maximum Gasteiger partial charge on any atom is 0.235 e. The highest BCUT2D eigenvalue weighted by Gasteiger charge is 2.15. The molecule has 8 heteroatoms. The molecule has 0 aliphatic carbocycles. The summed E-state index contributed by atoms with van der Waals surface area (Å²) in [6, 6.07) is 7.06. The van der Waals surface area contributed by atoms with Crippen molar-refractivity contribution in [1.82, 2.24) is 4.98 Å². The molecule has 0 fully saturated rings. The zero-order valence-electron chi connectivity index (χ0n) is 12.7. The molecule has 1 atom stereocenters. The molecular weight excluding hydrogens is 322 g/mol. The van der Waals surface area contributed by atoms with E-state index in [1.165, 1.54) is 18.4 Å². The van der Waals surface area contributed by atoms with Gasteiger partial charge in [0.15, 0.2) is 5.13 Å². The molecule has 2 aromatic rings. The molecule has 0 saturated heterocycles. The van der Waals surface area contributed by atoms with Crippen molar-refractivity contribution in [1.29, 1.82) is 0 Å². The number of nitrogens with zero attached hydrogens (tertiary/aromatic N) is 1. The number of sulfonamides is 1. The Balaban J connectivity index is 2.08. The second-order valence-corrected chi connectivity index (χ2v) is 7.55. The minimum Gasteiger partial charge on any atom is -0.381 e. The summed E-state index contributed by atoms with van der Waals surface area (Å²) in [6.45, 7) is 3.63. The summed E-state index contributed by atoms with van der Waals surface area (Å²) in [4.78, 5) is 4.31. The monoisotopic (exact) mass is 341 g/mol. The summed E-state index contributed by atoms with van der Waals surface area (Å²) < 4.78 is 31.6. The molecule has 0 aliphatic rings. The van der Waals surface area contributed by atoms with Crippen LogP contribution in [0.2, 0.25) is 0 Å². The van der Waals surface area contributed by atoms with Crippen molar-refractivity contribution in [2.45, 2.75) is 20.0 Å². The predicted octanol–water partition coefficient (Wildman–Crippen LogP) is 2.97. The van der Waals surface area contributed by atoms with Gasteiger partial charge in [-0.1, -0.05) is 6.07 Å². The Morgan fingerprint density at radius 1 is 1.36 bits per heavy atom. The van der Waals surface area contributed by atoms with Gasteiger partial charge in [-0.3, -0.25) is 4.72 Å². The third-order valence-corrected chi connectivity index (χ3v) is 5.19. The quantitative estimate of drug-likeness (QED) is 0.809. The molecule has 2 N–H and O–H groups in total. The van der Waals surface area contributed by atoms with Gasteiger partial charge in [0.25, 0.3) is 0 Å². The molecule has 1 aromatic carbocycles. The van der Waals surface area contributed by atoms with Gasteiger partial charge in [-0.05, 0) is 32.0 Å². The van der Waals surface area contributed by atoms with Crippen LogP contribution < -0.4 is 10.0 Å². The fraction of sp³-hybridized carbons (Fsp3) is 0.357. The number of rotatable bonds is 7. The minimum atomic E-state index is -3.45. The number of ether oxygens (including phenoxy) is 1. The number of hydrogen-bond donors (Lipinski definition) is 2. The summed E-state index contributed by atoms with van der Waals surface area (Å²) in [6.07, 6.45) is -0.364. The van der Waals surface area contributed by atoms with E-state index in [9.17, 15) is 8.42 Å². The first-order chi connectivity index (χ1) is 10.4. The van der Waals surface area contributed by atoms with Gasteiger partial charge in [-0.2, -0.15) is 0 Å². The van der Waals surface area contributed by atoms with E-state index in [0.29, 0.717) is 5.69 Å². The van der Waals surface area contributed by atoms with E-state index in [-0.39, 0.29) is 11.9 Å². The number of aryl methyl sites for hydroxylation is 1. The number of methoxy groups -OCH3 is 1. The second kappa shape index (κ2) is 7.08. The van der Waals surface area contributed by atoms with Crippen LogP contribution >= 0.6 is 11.3 Å². The van der Waals surface area contributed by atoms with E-state index < -0.39 is 10.0 Å². The number of nitrogens with one attached hydrogen (secondary N) is 2. The maximum absolute atomic E-state index is 12.0. The molecule has 22 heavy (non-hydrogen) atoms. The van der Waals surface area contributed by atoms with Crippen LogP contribution in [-0.4, -0.2) is 32.4 Å². The Morgan fingerprint density at radius 2 is 2.09 bits per heavy atom. The molecule has 6 nitrogen and oxygen atoms in total. The van der Waals surface area contributed by atoms with Gasteiger partial charge in [0.05, 0.1) is 23.2 Å². The van der Waals surface area contributed by atoms with Crippen molar-refractivity contribution in [2.24, 2.45) is 0 Å². The zero-order chi connectivity index (χ0) is 16.2. The number of benzene rings is 1. The zero-order valence-corrected chi connectivity index (χ0v) is 14.3. The lowest BCUT2D eigenvalue weighted by atomic mass is 10.3. The number of thiazole rings is 1. The first-order valence-electron chi connectivity index (χ1n) is 6.70. The Labute approximate surface area is 134 Å². The fourth-order valence-electron chi connectivity index (χ4n) is 1.79. The lowest BCUT2D eigenvalue weighted by Crippen LogP contribution is -2.25. The Morgan fingerprint density at radius 3 is 2.73 bits per heavy atom. The number of anilines is 3. The van der Waals surface area contributed by atoms with Crippen LogP contribution in [0, 0.1) is 6.92 Å². The van der Waals surface area contributed by atoms with E-state index in [1.807, 2.05) is 18.4 Å². The summed E-state index contributed by atoms with van der Waals surface area (Å²) in [5, 5.41) is 5.87. The van der Waals surface area contributed by atoms with E-state index in [4.69, 9.17) is 4.74 Å². The minimum absolute atomic E-state index is 0.0904. The van der Waals surface area contributed by atoms with Crippen molar-refractivity contribution in [3.63, 3.8) is 0 Å². The maximum atomic E-state index is 12.0. The molecule has 0 radical (unpaired) electrons. The molecular formula is C14H19N3O3S2. The van der Waals surface area contributed by atoms with Crippen molar-refractivity contribution in [3.05, 3.63) is 35.3 Å². The Kier molecular flexibility index (Phi) is 5.38. The molecule has 0 amide bonds. The summed E-state index contributed by atoms with van der Waals surface area (Å²) in [5.74, 6) is -0.0904. The van der Waals surface area contributed by atoms with E-state index >= 15 is 0 Å². The topological polar surface area (TPSA) is 80.3 Å². The normalized spacial score (nSPS) is 12.9. The van der Waals surface area contributed by atoms with Crippen molar-refractivity contribution in [3.8, 4) is 0 Å². The first-order valence-corrected chi connectivity index (χ1v) is 9.23. The van der Waals surface area contributed by atoms with Gasteiger partial charge in [0, 0.05) is 18.2 Å². The number of aromatic nitrogens is 1. The fourth-order valence-corrected chi connectivity index (χ4v) is 3.83. The number of hydrogen-bond acceptors (Lipinski definition) is 6. The molecule has 120 valence electrons.